The van der Waals surface area contributed by atoms with Crippen LogP contribution in [0.5, 0.6) is 69.0 Å². The molecule has 0 spiro atoms. The Labute approximate surface area is 465 Å². The number of fused-ring (bicyclic) bond motifs is 2. The highest BCUT2D eigenvalue weighted by molar-refractivity contribution is 5.65. The average molecular weight is 1130 g/mol. The van der Waals surface area contributed by atoms with E-state index in [2.05, 4.69) is 13.8 Å². The molecule has 0 radical (unpaired) electrons. The molecule has 4 aromatic carbocycles. The predicted octanol–water partition coefficient (Wildman–Crippen LogP) is 4.33. The van der Waals surface area contributed by atoms with Gasteiger partial charge < -0.3 is 108 Å². The van der Waals surface area contributed by atoms with E-state index >= 15 is 0 Å². The van der Waals surface area contributed by atoms with E-state index in [-0.39, 0.29) is 138 Å². The Hall–Kier alpha value is -5.92. The van der Waals surface area contributed by atoms with E-state index in [0.717, 1.165) is 17.5 Å². The van der Waals surface area contributed by atoms with Crippen LogP contribution in [0.25, 0.3) is 0 Å². The number of hydrogen-bond donors (Lipinski definition) is 10. The lowest BCUT2D eigenvalue weighted by molar-refractivity contribution is -0.274. The second kappa shape index (κ2) is 26.8. The van der Waals surface area contributed by atoms with Gasteiger partial charge in [0.15, 0.2) is 58.6 Å². The lowest BCUT2D eigenvalue weighted by Gasteiger charge is -2.44. The monoisotopic (exact) mass is 1130 g/mol. The molecule has 2 heterocycles. The van der Waals surface area contributed by atoms with Gasteiger partial charge >= 0.3 is 0 Å². The van der Waals surface area contributed by atoms with Gasteiger partial charge in [-0.15, -0.1) is 0 Å². The van der Waals surface area contributed by atoms with Crippen LogP contribution in [-0.4, -0.2) is 184 Å². The molecule has 80 heavy (non-hydrogen) atoms. The first kappa shape index (κ1) is 61.7. The van der Waals surface area contributed by atoms with Crippen LogP contribution in [-0.2, 0) is 31.8 Å². The number of rotatable bonds is 19. The zero-order valence-electron chi connectivity index (χ0n) is 47.2. The Morgan fingerprint density at radius 3 is 1.24 bits per heavy atom. The van der Waals surface area contributed by atoms with Gasteiger partial charge in [0.05, 0.1) is 82.8 Å². The van der Waals surface area contributed by atoms with Crippen molar-refractivity contribution in [1.29, 1.82) is 0 Å². The summed E-state index contributed by atoms with van der Waals surface area (Å²) < 4.78 is 67.8. The van der Waals surface area contributed by atoms with Gasteiger partial charge in [-0.1, -0.05) is 20.8 Å². The lowest BCUT2D eigenvalue weighted by Crippen LogP contribution is -2.54. The van der Waals surface area contributed by atoms with Crippen molar-refractivity contribution in [3.63, 3.8) is 0 Å². The average Bonchev–Trinajstić information content (AvgIpc) is 3.58. The summed E-state index contributed by atoms with van der Waals surface area (Å²) in [6.07, 6.45) is -5.47. The topological polar surface area (TPSA) is 313 Å². The largest absolute Gasteiger partial charge is 0.502 e. The second-order valence-electron chi connectivity index (χ2n) is 20.8. The van der Waals surface area contributed by atoms with Gasteiger partial charge in [0, 0.05) is 36.2 Å². The number of aliphatic hydroxyl groups is 6. The summed E-state index contributed by atoms with van der Waals surface area (Å²) in [5.74, 6) is -1.47. The molecule has 2 saturated heterocycles. The fourth-order valence-electron chi connectivity index (χ4n) is 12.1. The number of phenols is 4. The number of ether oxygens (including phenoxy) is 12. The van der Waals surface area contributed by atoms with E-state index in [1.165, 1.54) is 56.9 Å². The van der Waals surface area contributed by atoms with E-state index in [4.69, 9.17) is 56.8 Å². The third kappa shape index (κ3) is 11.9. The number of phenolic OH excluding ortho intramolecular Hbond substituents is 4. The molecule has 0 amide bonds. The molecular weight excluding hydrogens is 1050 g/mol. The smallest absolute Gasteiger partial charge is 0.201 e. The highest BCUT2D eigenvalue weighted by Gasteiger charge is 2.47. The molecule has 0 aromatic heterocycles. The summed E-state index contributed by atoms with van der Waals surface area (Å²) >= 11 is 0. The standard InChI is InChI=1S/C31H44O10.C27H36O12/c1-8-21-15(2)16(3)27(33)31(41-21)40-14-20-19(13-32)9-17-10-24(38-6)29(35)30(39-7)26(17)25(20)18-11-22(36-4)28(34)23(12-18)37-5;1-34-17-7-13(8-18(35-2)23(17)31)20-15(10-38-27-25(33)22(30)16(29)11-39-27)14(9-28)5-12-6-19(36-3)24(32)26(37-4)21(12)20/h10-12,15-16,19-21,25,27,31-35H,8-9,13-14H2,1-7H3;6-8,14-16,20,22,25,27-33H,5,9-11H2,1-4H3/t15-,16?,19+,20+,21?,25-,27-,31+;14-,15-,16+,20+,22?,25-,27+/m11/s1. The van der Waals surface area contributed by atoms with Gasteiger partial charge in [0.25, 0.3) is 0 Å². The summed E-state index contributed by atoms with van der Waals surface area (Å²) in [5, 5.41) is 106. The van der Waals surface area contributed by atoms with E-state index < -0.39 is 54.7 Å². The molecule has 3 unspecified atom stereocenters. The van der Waals surface area contributed by atoms with Crippen LogP contribution in [0.3, 0.4) is 0 Å². The normalized spacial score (nSPS) is 29.0. The van der Waals surface area contributed by atoms with Crippen molar-refractivity contribution < 1.29 is 108 Å². The molecule has 10 N–H and O–H groups in total. The Morgan fingerprint density at radius 1 is 0.487 bits per heavy atom. The van der Waals surface area contributed by atoms with E-state index in [0.29, 0.717) is 35.1 Å². The molecule has 22 heteroatoms. The number of methoxy groups -OCH3 is 8. The van der Waals surface area contributed by atoms with Crippen LogP contribution in [0.1, 0.15) is 72.4 Å². The Bertz CT molecular complexity index is 2670. The third-order valence-corrected chi connectivity index (χ3v) is 16.7. The number of aromatic hydroxyl groups is 4. The summed E-state index contributed by atoms with van der Waals surface area (Å²) in [6.45, 7) is 5.62. The maximum atomic E-state index is 11.1. The molecule has 4 aliphatic rings. The molecule has 2 aliphatic carbocycles. The molecule has 4 aromatic rings. The minimum absolute atomic E-state index is 0.0228. The zero-order chi connectivity index (χ0) is 58.4. The van der Waals surface area contributed by atoms with Crippen molar-refractivity contribution in [2.45, 2.75) is 95.0 Å². The van der Waals surface area contributed by atoms with Gasteiger partial charge in [0.1, 0.15) is 24.4 Å². The van der Waals surface area contributed by atoms with Crippen LogP contribution < -0.4 is 37.9 Å². The highest BCUT2D eigenvalue weighted by atomic mass is 16.7. The van der Waals surface area contributed by atoms with Gasteiger partial charge in [0.2, 0.25) is 23.0 Å². The van der Waals surface area contributed by atoms with Gasteiger partial charge in [-0.3, -0.25) is 0 Å². The van der Waals surface area contributed by atoms with E-state index in [1.54, 1.807) is 36.4 Å². The van der Waals surface area contributed by atoms with Crippen LogP contribution >= 0.6 is 0 Å². The summed E-state index contributed by atoms with van der Waals surface area (Å²) in [7, 11) is 11.5. The lowest BCUT2D eigenvalue weighted by atomic mass is 9.66. The molecular formula is C58H80O22. The molecule has 2 aliphatic heterocycles. The fraction of sp³-hybridized carbons (Fsp3) is 0.586. The van der Waals surface area contributed by atoms with Crippen molar-refractivity contribution in [2.24, 2.45) is 35.5 Å². The summed E-state index contributed by atoms with van der Waals surface area (Å²) in [4.78, 5) is 0. The van der Waals surface area contributed by atoms with Crippen molar-refractivity contribution >= 4 is 0 Å². The highest BCUT2D eigenvalue weighted by Crippen LogP contribution is 2.57. The van der Waals surface area contributed by atoms with Crippen molar-refractivity contribution in [2.75, 3.05) is 89.9 Å². The van der Waals surface area contributed by atoms with Crippen molar-refractivity contribution in [1.82, 2.24) is 0 Å². The summed E-state index contributed by atoms with van der Waals surface area (Å²) in [5.41, 5.74) is 4.23. The second-order valence-corrected chi connectivity index (χ2v) is 20.8. The molecule has 8 rings (SSSR count). The first-order chi connectivity index (χ1) is 38.3. The molecule has 444 valence electrons. The third-order valence-electron chi connectivity index (χ3n) is 16.7. The van der Waals surface area contributed by atoms with Crippen LogP contribution in [0.15, 0.2) is 36.4 Å². The molecule has 0 bridgehead atoms. The maximum Gasteiger partial charge on any atom is 0.201 e. The Balaban J connectivity index is 0.000000231. The Kier molecular flexibility index (Phi) is 20.6. The van der Waals surface area contributed by atoms with Crippen LogP contribution in [0.4, 0.5) is 0 Å². The minimum atomic E-state index is -1.49. The molecule has 15 atom stereocenters. The SMILES string of the molecule is CCC1O[C@H](OC[C@H]2[C@H](CO)Cc3cc(OC)c(O)c(OC)c3[C@@H]2c2cc(OC)c(O)c(OC)c2)[C@H](O)C(C)[C@H]1C.COc1cc([C@@H]2c3c(cc(OC)c(O)c3OC)C[C@H](CO)[C@H]2CO[C@H]2OC[C@H](O)C(O)[C@H]2O)cc(OC)c1O. The van der Waals surface area contributed by atoms with Crippen LogP contribution in [0, 0.1) is 35.5 Å². The first-order valence-corrected chi connectivity index (χ1v) is 26.6. The van der Waals surface area contributed by atoms with E-state index in [1.807, 2.05) is 6.92 Å². The first-order valence-electron chi connectivity index (χ1n) is 26.6. The van der Waals surface area contributed by atoms with Gasteiger partial charge in [-0.25, -0.2) is 0 Å². The molecule has 22 nitrogen and oxygen atoms in total. The number of hydrogen-bond acceptors (Lipinski definition) is 22. The predicted molar refractivity (Wildman–Crippen MR) is 287 cm³/mol. The summed E-state index contributed by atoms with van der Waals surface area (Å²) in [6, 6.07) is 10.1. The molecule has 0 saturated carbocycles. The van der Waals surface area contributed by atoms with E-state index in [9.17, 15) is 51.1 Å². The maximum absolute atomic E-state index is 11.1. The molecule has 2 fully saturated rings. The zero-order valence-corrected chi connectivity index (χ0v) is 47.2. The Morgan fingerprint density at radius 2 is 0.875 bits per heavy atom. The minimum Gasteiger partial charge on any atom is -0.502 e. The van der Waals surface area contributed by atoms with Crippen molar-refractivity contribution in [3.05, 3.63) is 69.8 Å². The quantitative estimate of drug-likeness (QED) is 0.0625. The van der Waals surface area contributed by atoms with Crippen LogP contribution in [0.2, 0.25) is 0 Å². The number of benzene rings is 4. The van der Waals surface area contributed by atoms with Gasteiger partial charge in [-0.05, 0) is 113 Å². The van der Waals surface area contributed by atoms with Crippen molar-refractivity contribution in [3.8, 4) is 69.0 Å². The number of aliphatic hydroxyl groups excluding tert-OH is 6. The fourth-order valence-corrected chi connectivity index (χ4v) is 12.1. The van der Waals surface area contributed by atoms with Gasteiger partial charge in [-0.2, -0.15) is 0 Å².